The van der Waals surface area contributed by atoms with Crippen molar-refractivity contribution in [3.8, 4) is 0 Å². The van der Waals surface area contributed by atoms with Crippen LogP contribution in [0.1, 0.15) is 30.8 Å². The number of aryl methyl sites for hydroxylation is 2. The topological polar surface area (TPSA) is 75.4 Å². The largest absolute Gasteiger partial charge is 0.340 e. The molecule has 0 radical (unpaired) electrons. The number of carbonyl (C=O) groups excluding carboxylic acids is 1. The van der Waals surface area contributed by atoms with Crippen LogP contribution in [0.2, 0.25) is 0 Å². The minimum Gasteiger partial charge on any atom is -0.340 e. The van der Waals surface area contributed by atoms with Gasteiger partial charge in [-0.3, -0.25) is 14.7 Å². The normalized spacial score (nSPS) is 15.6. The van der Waals surface area contributed by atoms with Crippen LogP contribution in [-0.4, -0.2) is 57.0 Å². The molecule has 0 unspecified atom stereocenters. The summed E-state index contributed by atoms with van der Waals surface area (Å²) in [4.78, 5) is 25.1. The Morgan fingerprint density at radius 3 is 2.75 bits per heavy atom. The molecular formula is C17H23N5O2. The summed E-state index contributed by atoms with van der Waals surface area (Å²) in [5.41, 5.74) is 0.966. The number of hydrogen-bond donors (Lipinski definition) is 0. The van der Waals surface area contributed by atoms with Crippen molar-refractivity contribution in [1.82, 2.24) is 24.9 Å². The van der Waals surface area contributed by atoms with E-state index in [9.17, 15) is 4.79 Å². The number of pyridine rings is 1. The SMILES string of the molecule is CCc1nc(CN2CCN(C(=O)CCc3ccccn3)CC2)no1. The third kappa shape index (κ3) is 4.38. The second-order valence-corrected chi connectivity index (χ2v) is 5.94. The first kappa shape index (κ1) is 16.6. The molecular weight excluding hydrogens is 306 g/mol. The molecule has 0 aromatic carbocycles. The van der Waals surface area contributed by atoms with Crippen molar-refractivity contribution in [2.24, 2.45) is 0 Å². The predicted molar refractivity (Wildman–Crippen MR) is 88.1 cm³/mol. The Morgan fingerprint density at radius 1 is 1.25 bits per heavy atom. The van der Waals surface area contributed by atoms with Gasteiger partial charge in [0.05, 0.1) is 6.54 Å². The van der Waals surface area contributed by atoms with Crippen LogP contribution < -0.4 is 0 Å². The Hall–Kier alpha value is -2.28. The Balaban J connectivity index is 1.42. The summed E-state index contributed by atoms with van der Waals surface area (Å²) in [5, 5.41) is 3.98. The molecule has 0 spiro atoms. The van der Waals surface area contributed by atoms with Gasteiger partial charge in [0.25, 0.3) is 0 Å². The minimum atomic E-state index is 0.202. The third-order valence-corrected chi connectivity index (χ3v) is 4.22. The minimum absolute atomic E-state index is 0.202. The number of aromatic nitrogens is 3. The highest BCUT2D eigenvalue weighted by atomic mass is 16.5. The average molecular weight is 329 g/mol. The van der Waals surface area contributed by atoms with Crippen molar-refractivity contribution in [2.75, 3.05) is 26.2 Å². The molecule has 3 heterocycles. The van der Waals surface area contributed by atoms with Gasteiger partial charge < -0.3 is 9.42 Å². The van der Waals surface area contributed by atoms with Crippen molar-refractivity contribution >= 4 is 5.91 Å². The molecule has 7 heteroatoms. The number of amides is 1. The first-order valence-electron chi connectivity index (χ1n) is 8.46. The smallest absolute Gasteiger partial charge is 0.226 e. The van der Waals surface area contributed by atoms with E-state index in [1.807, 2.05) is 30.0 Å². The fraction of sp³-hybridized carbons (Fsp3) is 0.529. The lowest BCUT2D eigenvalue weighted by molar-refractivity contribution is -0.133. The van der Waals surface area contributed by atoms with Crippen LogP contribution in [0.5, 0.6) is 0 Å². The second kappa shape index (κ2) is 8.01. The van der Waals surface area contributed by atoms with E-state index in [1.54, 1.807) is 6.20 Å². The summed E-state index contributed by atoms with van der Waals surface area (Å²) in [6, 6.07) is 5.80. The standard InChI is InChI=1S/C17H23N5O2/c1-2-16-19-15(20-24-16)13-21-9-11-22(12-10-21)17(23)7-6-14-5-3-4-8-18-14/h3-5,8H,2,6-7,9-13H2,1H3. The summed E-state index contributed by atoms with van der Waals surface area (Å²) in [7, 11) is 0. The molecule has 0 aliphatic carbocycles. The van der Waals surface area contributed by atoms with Gasteiger partial charge in [-0.05, 0) is 18.6 Å². The van der Waals surface area contributed by atoms with Gasteiger partial charge in [-0.25, -0.2) is 0 Å². The lowest BCUT2D eigenvalue weighted by atomic mass is 10.2. The van der Waals surface area contributed by atoms with Crippen molar-refractivity contribution < 1.29 is 9.32 Å². The fourth-order valence-corrected chi connectivity index (χ4v) is 2.79. The Labute approximate surface area is 141 Å². The number of piperazine rings is 1. The quantitative estimate of drug-likeness (QED) is 0.795. The van der Waals surface area contributed by atoms with Gasteiger partial charge in [-0.2, -0.15) is 4.98 Å². The van der Waals surface area contributed by atoms with E-state index in [1.165, 1.54) is 0 Å². The number of nitrogens with zero attached hydrogens (tertiary/aromatic N) is 5. The van der Waals surface area contributed by atoms with Gasteiger partial charge in [-0.1, -0.05) is 18.1 Å². The summed E-state index contributed by atoms with van der Waals surface area (Å²) >= 11 is 0. The van der Waals surface area contributed by atoms with E-state index in [2.05, 4.69) is 20.0 Å². The number of carbonyl (C=O) groups is 1. The number of rotatable bonds is 6. The molecule has 0 atom stereocenters. The summed E-state index contributed by atoms with van der Waals surface area (Å²) in [5.74, 6) is 1.60. The van der Waals surface area contributed by atoms with Crippen LogP contribution >= 0.6 is 0 Å². The molecule has 7 nitrogen and oxygen atoms in total. The molecule has 1 fully saturated rings. The van der Waals surface area contributed by atoms with Crippen LogP contribution in [0.15, 0.2) is 28.9 Å². The van der Waals surface area contributed by atoms with Crippen molar-refractivity contribution in [3.05, 3.63) is 41.8 Å². The highest BCUT2D eigenvalue weighted by Crippen LogP contribution is 2.09. The van der Waals surface area contributed by atoms with Gasteiger partial charge in [-0.15, -0.1) is 0 Å². The van der Waals surface area contributed by atoms with E-state index < -0.39 is 0 Å². The summed E-state index contributed by atoms with van der Waals surface area (Å²) < 4.78 is 5.13. The maximum Gasteiger partial charge on any atom is 0.226 e. The lowest BCUT2D eigenvalue weighted by Gasteiger charge is -2.34. The van der Waals surface area contributed by atoms with Crippen molar-refractivity contribution in [1.29, 1.82) is 0 Å². The van der Waals surface area contributed by atoms with Crippen LogP contribution in [0.25, 0.3) is 0 Å². The first-order chi connectivity index (χ1) is 11.7. The second-order valence-electron chi connectivity index (χ2n) is 5.94. The molecule has 2 aromatic rings. The molecule has 3 rings (SSSR count). The van der Waals surface area contributed by atoms with E-state index >= 15 is 0 Å². The molecule has 24 heavy (non-hydrogen) atoms. The van der Waals surface area contributed by atoms with Gasteiger partial charge in [0.15, 0.2) is 5.82 Å². The van der Waals surface area contributed by atoms with Gasteiger partial charge in [0, 0.05) is 50.9 Å². The van der Waals surface area contributed by atoms with Crippen LogP contribution in [0.3, 0.4) is 0 Å². The average Bonchev–Trinajstić information content (AvgIpc) is 3.09. The first-order valence-corrected chi connectivity index (χ1v) is 8.46. The summed E-state index contributed by atoms with van der Waals surface area (Å²) in [6.07, 6.45) is 3.73. The van der Waals surface area contributed by atoms with E-state index in [0.717, 1.165) is 44.1 Å². The Kier molecular flexibility index (Phi) is 5.53. The monoisotopic (exact) mass is 329 g/mol. The lowest BCUT2D eigenvalue weighted by Crippen LogP contribution is -2.48. The molecule has 0 saturated carbocycles. The van der Waals surface area contributed by atoms with Crippen molar-refractivity contribution in [2.45, 2.75) is 32.7 Å². The summed E-state index contributed by atoms with van der Waals surface area (Å²) in [6.45, 7) is 5.85. The number of hydrogen-bond acceptors (Lipinski definition) is 6. The zero-order valence-electron chi connectivity index (χ0n) is 14.0. The third-order valence-electron chi connectivity index (χ3n) is 4.22. The molecule has 2 aromatic heterocycles. The van der Waals surface area contributed by atoms with Crippen LogP contribution in [-0.2, 0) is 24.2 Å². The van der Waals surface area contributed by atoms with E-state index in [-0.39, 0.29) is 5.91 Å². The van der Waals surface area contributed by atoms with Gasteiger partial charge >= 0.3 is 0 Å². The molecule has 0 bridgehead atoms. The molecule has 128 valence electrons. The maximum atomic E-state index is 12.3. The van der Waals surface area contributed by atoms with Crippen LogP contribution in [0.4, 0.5) is 0 Å². The maximum absolute atomic E-state index is 12.3. The van der Waals surface area contributed by atoms with E-state index in [0.29, 0.717) is 25.3 Å². The Morgan fingerprint density at radius 2 is 2.08 bits per heavy atom. The molecule has 1 aliphatic rings. The Bertz CT molecular complexity index is 650. The molecule has 1 aliphatic heterocycles. The highest BCUT2D eigenvalue weighted by molar-refractivity contribution is 5.76. The van der Waals surface area contributed by atoms with Crippen LogP contribution in [0, 0.1) is 0 Å². The molecule has 0 N–H and O–H groups in total. The molecule has 1 amide bonds. The highest BCUT2D eigenvalue weighted by Gasteiger charge is 2.22. The molecule has 1 saturated heterocycles. The zero-order chi connectivity index (χ0) is 16.8. The van der Waals surface area contributed by atoms with Crippen molar-refractivity contribution in [3.63, 3.8) is 0 Å². The fourth-order valence-electron chi connectivity index (χ4n) is 2.79. The van der Waals surface area contributed by atoms with E-state index in [4.69, 9.17) is 4.52 Å². The zero-order valence-corrected chi connectivity index (χ0v) is 14.0. The van der Waals surface area contributed by atoms with Gasteiger partial charge in [0.2, 0.25) is 11.8 Å². The predicted octanol–water partition coefficient (Wildman–Crippen LogP) is 1.30. The van der Waals surface area contributed by atoms with Gasteiger partial charge in [0.1, 0.15) is 0 Å².